The van der Waals surface area contributed by atoms with Crippen LogP contribution in [-0.2, 0) is 14.3 Å². The molecule has 41 heavy (non-hydrogen) atoms. The van der Waals surface area contributed by atoms with Crippen molar-refractivity contribution in [3.05, 3.63) is 42.0 Å². The SMILES string of the molecule is CCCC(=O)OC1CCN(c2cc3c(NC4CCN(c5ncc(C#N)cn5)CC4(C)C)c(C(N)=O)cnn3c2)C1=O. The fraction of sp³-hybridized carbons (Fsp3) is 0.464. The number of piperidine rings is 1. The van der Waals surface area contributed by atoms with E-state index in [9.17, 15) is 14.4 Å². The molecule has 2 unspecified atom stereocenters. The van der Waals surface area contributed by atoms with Crippen molar-refractivity contribution >= 4 is 40.6 Å². The average molecular weight is 560 g/mol. The molecule has 0 radical (unpaired) electrons. The summed E-state index contributed by atoms with van der Waals surface area (Å²) in [5.41, 5.74) is 7.85. The number of aromatic nitrogens is 4. The zero-order valence-electron chi connectivity index (χ0n) is 23.3. The van der Waals surface area contributed by atoms with E-state index in [1.807, 2.05) is 13.0 Å². The van der Waals surface area contributed by atoms with E-state index in [4.69, 9.17) is 15.7 Å². The van der Waals surface area contributed by atoms with Gasteiger partial charge in [0.25, 0.3) is 11.8 Å². The highest BCUT2D eigenvalue weighted by Gasteiger charge is 2.39. The average Bonchev–Trinajstić information content (AvgIpc) is 3.53. The van der Waals surface area contributed by atoms with Crippen LogP contribution in [0.1, 0.15) is 62.4 Å². The van der Waals surface area contributed by atoms with Gasteiger partial charge in [-0.3, -0.25) is 14.4 Å². The number of carbonyl (C=O) groups is 3. The third-order valence-electron chi connectivity index (χ3n) is 7.68. The maximum absolute atomic E-state index is 13.1. The fourth-order valence-corrected chi connectivity index (χ4v) is 5.48. The summed E-state index contributed by atoms with van der Waals surface area (Å²) >= 11 is 0. The van der Waals surface area contributed by atoms with Crippen molar-refractivity contribution in [3.8, 4) is 6.07 Å². The summed E-state index contributed by atoms with van der Waals surface area (Å²) in [5.74, 6) is -0.724. The lowest BCUT2D eigenvalue weighted by Crippen LogP contribution is -2.52. The van der Waals surface area contributed by atoms with E-state index in [0.717, 1.165) is 0 Å². The molecule has 3 N–H and O–H groups in total. The Labute approximate surface area is 237 Å². The highest BCUT2D eigenvalue weighted by atomic mass is 16.5. The van der Waals surface area contributed by atoms with E-state index in [-0.39, 0.29) is 35.3 Å². The van der Waals surface area contributed by atoms with Gasteiger partial charge < -0.3 is 25.6 Å². The van der Waals surface area contributed by atoms with Gasteiger partial charge in [0.15, 0.2) is 6.10 Å². The Hall–Kier alpha value is -4.73. The van der Waals surface area contributed by atoms with Crippen molar-refractivity contribution in [2.75, 3.05) is 34.8 Å². The standard InChI is InChI=1S/C28H33N9O4/c1-4-5-23(38)41-21-6-9-36(26(21)40)18-10-20-24(19(25(30)39)14-33-37(20)15-18)34-22-7-8-35(16-28(22,2)3)27-31-12-17(11-29)13-32-27/h10,12-15,21-22,34H,4-9,16H2,1-3H3,(H2,30,39). The van der Waals surface area contributed by atoms with Gasteiger partial charge in [0, 0.05) is 43.9 Å². The van der Waals surface area contributed by atoms with Crippen LogP contribution in [0.5, 0.6) is 0 Å². The zero-order valence-corrected chi connectivity index (χ0v) is 23.3. The highest BCUT2D eigenvalue weighted by molar-refractivity contribution is 6.04. The van der Waals surface area contributed by atoms with Crippen molar-refractivity contribution in [1.82, 2.24) is 19.6 Å². The molecule has 0 saturated carbocycles. The Bertz CT molecular complexity index is 1530. The number of rotatable bonds is 8. The summed E-state index contributed by atoms with van der Waals surface area (Å²) in [7, 11) is 0. The molecule has 214 valence electrons. The van der Waals surface area contributed by atoms with Gasteiger partial charge in [-0.1, -0.05) is 20.8 Å². The third-order valence-corrected chi connectivity index (χ3v) is 7.68. The highest BCUT2D eigenvalue weighted by Crippen LogP contribution is 2.36. The first-order chi connectivity index (χ1) is 19.6. The molecular weight excluding hydrogens is 526 g/mol. The fourth-order valence-electron chi connectivity index (χ4n) is 5.48. The zero-order chi connectivity index (χ0) is 29.3. The number of nitrogens with zero attached hydrogens (tertiary/aromatic N) is 7. The van der Waals surface area contributed by atoms with Crippen LogP contribution in [-0.4, -0.2) is 69.1 Å². The first kappa shape index (κ1) is 27.8. The van der Waals surface area contributed by atoms with E-state index in [1.54, 1.807) is 21.7 Å². The van der Waals surface area contributed by atoms with Gasteiger partial charge in [-0.25, -0.2) is 14.5 Å². The quantitative estimate of drug-likeness (QED) is 0.390. The Morgan fingerprint density at radius 1 is 1.22 bits per heavy atom. The van der Waals surface area contributed by atoms with Gasteiger partial charge in [0.2, 0.25) is 5.95 Å². The normalized spacial score (nSPS) is 20.2. The summed E-state index contributed by atoms with van der Waals surface area (Å²) in [6, 6.07) is 3.78. The monoisotopic (exact) mass is 559 g/mol. The van der Waals surface area contributed by atoms with E-state index in [2.05, 4.69) is 39.1 Å². The molecule has 2 aliphatic heterocycles. The number of amides is 2. The summed E-state index contributed by atoms with van der Waals surface area (Å²) in [6.45, 7) is 7.81. The van der Waals surface area contributed by atoms with Crippen molar-refractivity contribution < 1.29 is 19.1 Å². The molecule has 2 amide bonds. The van der Waals surface area contributed by atoms with Gasteiger partial charge >= 0.3 is 5.97 Å². The lowest BCUT2D eigenvalue weighted by Gasteiger charge is -2.45. The Morgan fingerprint density at radius 2 is 1.98 bits per heavy atom. The van der Waals surface area contributed by atoms with Gasteiger partial charge in [0.1, 0.15) is 6.07 Å². The molecule has 13 nitrogen and oxygen atoms in total. The van der Waals surface area contributed by atoms with Crippen molar-refractivity contribution in [3.63, 3.8) is 0 Å². The number of anilines is 3. The van der Waals surface area contributed by atoms with Crippen LogP contribution in [0.3, 0.4) is 0 Å². The number of fused-ring (bicyclic) bond motifs is 1. The molecule has 2 saturated heterocycles. The lowest BCUT2D eigenvalue weighted by atomic mass is 9.79. The molecule has 2 aliphatic rings. The first-order valence-corrected chi connectivity index (χ1v) is 13.7. The maximum atomic E-state index is 13.1. The lowest BCUT2D eigenvalue weighted by molar-refractivity contribution is -0.153. The van der Waals surface area contributed by atoms with E-state index in [1.165, 1.54) is 18.6 Å². The molecule has 0 bridgehead atoms. The number of esters is 1. The Balaban J connectivity index is 1.39. The molecule has 2 atom stereocenters. The third kappa shape index (κ3) is 5.50. The van der Waals surface area contributed by atoms with Crippen molar-refractivity contribution in [2.24, 2.45) is 11.1 Å². The summed E-state index contributed by atoms with van der Waals surface area (Å²) in [6.07, 6.45) is 7.40. The second-order valence-electron chi connectivity index (χ2n) is 11.1. The van der Waals surface area contributed by atoms with Gasteiger partial charge in [-0.15, -0.1) is 0 Å². The minimum atomic E-state index is -0.810. The number of nitriles is 1. The number of nitrogens with two attached hydrogens (primary N) is 1. The number of ether oxygens (including phenoxy) is 1. The van der Waals surface area contributed by atoms with Crippen LogP contribution in [0.15, 0.2) is 30.9 Å². The van der Waals surface area contributed by atoms with Crippen LogP contribution in [0.2, 0.25) is 0 Å². The first-order valence-electron chi connectivity index (χ1n) is 13.7. The predicted octanol–water partition coefficient (Wildman–Crippen LogP) is 2.26. The summed E-state index contributed by atoms with van der Waals surface area (Å²) in [5, 5.41) is 17.0. The molecule has 2 fully saturated rings. The smallest absolute Gasteiger partial charge is 0.306 e. The molecule has 5 rings (SSSR count). The van der Waals surface area contributed by atoms with Crippen LogP contribution in [0.4, 0.5) is 17.3 Å². The van der Waals surface area contributed by atoms with Crippen LogP contribution in [0, 0.1) is 16.7 Å². The second-order valence-corrected chi connectivity index (χ2v) is 11.1. The van der Waals surface area contributed by atoms with E-state index in [0.29, 0.717) is 67.3 Å². The van der Waals surface area contributed by atoms with Crippen molar-refractivity contribution in [1.29, 1.82) is 5.26 Å². The van der Waals surface area contributed by atoms with Crippen molar-refractivity contribution in [2.45, 2.75) is 58.6 Å². The molecule has 0 spiro atoms. The number of primary amides is 1. The predicted molar refractivity (Wildman–Crippen MR) is 150 cm³/mol. The molecule has 0 aliphatic carbocycles. The van der Waals surface area contributed by atoms with E-state index >= 15 is 0 Å². The van der Waals surface area contributed by atoms with Gasteiger partial charge in [0.05, 0.1) is 52.8 Å². The minimum absolute atomic E-state index is 0.0458. The molecular formula is C28H33N9O4. The number of carbonyl (C=O) groups excluding carboxylic acids is 3. The Kier molecular flexibility index (Phi) is 7.49. The molecule has 3 aromatic rings. The van der Waals surface area contributed by atoms with Crippen LogP contribution in [0.25, 0.3) is 5.52 Å². The number of hydrogen-bond acceptors (Lipinski definition) is 10. The van der Waals surface area contributed by atoms with Gasteiger partial charge in [-0.05, 0) is 18.9 Å². The molecule has 13 heteroatoms. The largest absolute Gasteiger partial charge is 0.452 e. The molecule has 5 heterocycles. The number of hydrogen-bond donors (Lipinski definition) is 2. The molecule has 3 aromatic heterocycles. The van der Waals surface area contributed by atoms with E-state index < -0.39 is 12.0 Å². The second kappa shape index (κ2) is 11.0. The van der Waals surface area contributed by atoms with Crippen LogP contribution >= 0.6 is 0 Å². The topological polar surface area (TPSA) is 172 Å². The number of nitrogens with one attached hydrogen (secondary N) is 1. The summed E-state index contributed by atoms with van der Waals surface area (Å²) in [4.78, 5) is 49.8. The summed E-state index contributed by atoms with van der Waals surface area (Å²) < 4.78 is 7.00. The Morgan fingerprint density at radius 3 is 2.63 bits per heavy atom. The minimum Gasteiger partial charge on any atom is -0.452 e. The molecule has 0 aromatic carbocycles. The maximum Gasteiger partial charge on any atom is 0.306 e. The van der Waals surface area contributed by atoms with Crippen LogP contribution < -0.4 is 20.9 Å². The van der Waals surface area contributed by atoms with Gasteiger partial charge in [-0.2, -0.15) is 10.4 Å².